The quantitative estimate of drug-likeness (QED) is 0.654. The topological polar surface area (TPSA) is 0 Å². The fraction of sp³-hybridized carbons (Fsp3) is 0.556. The normalized spacial score (nSPS) is 22.3. The Morgan fingerprint density at radius 3 is 2.71 bits per heavy atom. The highest BCUT2D eigenvalue weighted by molar-refractivity contribution is 8.03. The van der Waals surface area contributed by atoms with Crippen molar-refractivity contribution in [1.82, 2.24) is 0 Å². The van der Waals surface area contributed by atoms with Gasteiger partial charge in [0.1, 0.15) is 0 Å². The highest BCUT2D eigenvalue weighted by Gasteiger charge is 2.31. The van der Waals surface area contributed by atoms with Crippen molar-refractivity contribution in [3.05, 3.63) is 23.1 Å². The highest BCUT2D eigenvalue weighted by Crippen LogP contribution is 2.40. The van der Waals surface area contributed by atoms with Crippen LogP contribution in [0.25, 0.3) is 0 Å². The first-order valence-corrected chi connectivity index (χ1v) is 5.02. The van der Waals surface area contributed by atoms with Crippen molar-refractivity contribution >= 4 is 11.8 Å². The van der Waals surface area contributed by atoms with Crippen LogP contribution in [0.2, 0.25) is 0 Å². The highest BCUT2D eigenvalue weighted by atomic mass is 32.2. The number of hydrogen-bond acceptors (Lipinski definition) is 1. The Bertz CT molecular complexity index is 242. The van der Waals surface area contributed by atoms with E-state index in [-0.39, 0.29) is 22.6 Å². The molecule has 1 rings (SSSR count). The van der Waals surface area contributed by atoms with Crippen molar-refractivity contribution in [2.24, 2.45) is 5.92 Å². The number of halogens is 4. The van der Waals surface area contributed by atoms with Gasteiger partial charge in [0.2, 0.25) is 0 Å². The molecule has 0 bridgehead atoms. The van der Waals surface area contributed by atoms with Crippen LogP contribution in [0.5, 0.6) is 0 Å². The number of alkyl halides is 4. The van der Waals surface area contributed by atoms with Crippen molar-refractivity contribution in [1.29, 1.82) is 0 Å². The minimum absolute atomic E-state index is 0.0881. The largest absolute Gasteiger partial charge is 0.446 e. The Hall–Kier alpha value is -0.450. The predicted molar refractivity (Wildman–Crippen MR) is 49.6 cm³/mol. The fourth-order valence-corrected chi connectivity index (χ4v) is 2.02. The van der Waals surface area contributed by atoms with E-state index in [2.05, 4.69) is 0 Å². The van der Waals surface area contributed by atoms with Gasteiger partial charge < -0.3 is 0 Å². The molecule has 0 aromatic carbocycles. The van der Waals surface area contributed by atoms with Crippen LogP contribution in [-0.2, 0) is 0 Å². The van der Waals surface area contributed by atoms with E-state index in [0.717, 1.165) is 0 Å². The lowest BCUT2D eigenvalue weighted by molar-refractivity contribution is -0.0322. The van der Waals surface area contributed by atoms with E-state index in [0.29, 0.717) is 12.8 Å². The molecular weight excluding hydrogens is 216 g/mol. The summed E-state index contributed by atoms with van der Waals surface area (Å²) >= 11 is -0.105. The van der Waals surface area contributed by atoms with Crippen LogP contribution in [0.3, 0.4) is 0 Å². The lowest BCUT2D eigenvalue weighted by Crippen LogP contribution is -2.06. The van der Waals surface area contributed by atoms with Gasteiger partial charge in [-0.2, -0.15) is 13.2 Å². The first-order valence-electron chi connectivity index (χ1n) is 4.20. The number of hydrogen-bond donors (Lipinski definition) is 0. The van der Waals surface area contributed by atoms with Gasteiger partial charge in [-0.1, -0.05) is 18.2 Å². The van der Waals surface area contributed by atoms with Gasteiger partial charge >= 0.3 is 5.51 Å². The van der Waals surface area contributed by atoms with Gasteiger partial charge in [-0.05, 0) is 35.4 Å². The van der Waals surface area contributed by atoms with Crippen LogP contribution in [-0.4, -0.2) is 12.2 Å². The van der Waals surface area contributed by atoms with Crippen LogP contribution in [0.4, 0.5) is 17.6 Å². The Labute approximate surface area is 84.1 Å². The Morgan fingerprint density at radius 2 is 2.14 bits per heavy atom. The molecule has 1 unspecified atom stereocenters. The van der Waals surface area contributed by atoms with E-state index >= 15 is 0 Å². The lowest BCUT2D eigenvalue weighted by atomic mass is 9.98. The molecule has 0 fully saturated rings. The van der Waals surface area contributed by atoms with E-state index in [1.54, 1.807) is 12.2 Å². The predicted octanol–water partition coefficient (Wildman–Crippen LogP) is 4.06. The molecule has 0 spiro atoms. The first kappa shape index (κ1) is 11.6. The smallest absolute Gasteiger partial charge is 0.251 e. The van der Waals surface area contributed by atoms with E-state index in [9.17, 15) is 17.6 Å². The van der Waals surface area contributed by atoms with E-state index < -0.39 is 12.2 Å². The standard InChI is InChI=1S/C9H10F4S/c10-5-4-7-2-1-3-8(6-7)14-9(11,12)13/h1-3,7H,4-6H2. The van der Waals surface area contributed by atoms with Crippen LogP contribution in [0.1, 0.15) is 12.8 Å². The SMILES string of the molecule is FCCC1C=CC=C(SC(F)(F)F)C1. The second-order valence-corrected chi connectivity index (χ2v) is 4.20. The second kappa shape index (κ2) is 4.87. The third kappa shape index (κ3) is 4.17. The summed E-state index contributed by atoms with van der Waals surface area (Å²) in [6.45, 7) is -0.487. The third-order valence-corrected chi connectivity index (χ3v) is 2.65. The summed E-state index contributed by atoms with van der Waals surface area (Å²) in [5.41, 5.74) is -4.24. The zero-order valence-electron chi connectivity index (χ0n) is 7.35. The summed E-state index contributed by atoms with van der Waals surface area (Å²) in [7, 11) is 0. The Morgan fingerprint density at radius 1 is 1.43 bits per heavy atom. The number of rotatable bonds is 3. The molecule has 0 aromatic rings. The van der Waals surface area contributed by atoms with E-state index in [4.69, 9.17) is 0 Å². The summed E-state index contributed by atoms with van der Waals surface area (Å²) in [5, 5.41) is 0. The van der Waals surface area contributed by atoms with Gasteiger partial charge in [0.15, 0.2) is 0 Å². The second-order valence-electron chi connectivity index (χ2n) is 3.01. The van der Waals surface area contributed by atoms with Gasteiger partial charge in [-0.25, -0.2) is 0 Å². The maximum Gasteiger partial charge on any atom is 0.446 e. The zero-order chi connectivity index (χ0) is 10.6. The number of thioether (sulfide) groups is 1. The fourth-order valence-electron chi connectivity index (χ4n) is 1.28. The van der Waals surface area contributed by atoms with Crippen molar-refractivity contribution in [3.63, 3.8) is 0 Å². The van der Waals surface area contributed by atoms with Gasteiger partial charge in [0, 0.05) is 0 Å². The van der Waals surface area contributed by atoms with E-state index in [1.807, 2.05) is 0 Å². The molecule has 0 N–H and O–H groups in total. The molecule has 0 amide bonds. The Kier molecular flexibility index (Phi) is 4.04. The van der Waals surface area contributed by atoms with Crippen LogP contribution >= 0.6 is 11.8 Å². The molecule has 14 heavy (non-hydrogen) atoms. The van der Waals surface area contributed by atoms with Gasteiger partial charge in [0.05, 0.1) is 6.67 Å². The van der Waals surface area contributed by atoms with Gasteiger partial charge in [0.25, 0.3) is 0 Å². The maximum atomic E-state index is 12.0. The molecule has 0 heterocycles. The van der Waals surface area contributed by atoms with Crippen LogP contribution in [0.15, 0.2) is 23.1 Å². The molecular formula is C9H10F4S. The molecule has 80 valence electrons. The molecule has 0 radical (unpaired) electrons. The van der Waals surface area contributed by atoms with Crippen molar-refractivity contribution < 1.29 is 17.6 Å². The summed E-state index contributed by atoms with van der Waals surface area (Å²) in [6, 6.07) is 0. The minimum Gasteiger partial charge on any atom is -0.251 e. The average Bonchev–Trinajstić information content (AvgIpc) is 2.02. The molecule has 1 atom stereocenters. The van der Waals surface area contributed by atoms with Crippen molar-refractivity contribution in [3.8, 4) is 0 Å². The van der Waals surface area contributed by atoms with E-state index in [1.165, 1.54) is 6.08 Å². The summed E-state index contributed by atoms with van der Waals surface area (Å²) < 4.78 is 47.9. The van der Waals surface area contributed by atoms with Gasteiger partial charge in [-0.3, -0.25) is 4.39 Å². The summed E-state index contributed by atoms with van der Waals surface area (Å²) in [4.78, 5) is 0.262. The lowest BCUT2D eigenvalue weighted by Gasteiger charge is -2.17. The summed E-state index contributed by atoms with van der Waals surface area (Å²) in [5.74, 6) is -0.0881. The zero-order valence-corrected chi connectivity index (χ0v) is 8.17. The third-order valence-electron chi connectivity index (χ3n) is 1.86. The molecule has 0 saturated heterocycles. The van der Waals surface area contributed by atoms with Crippen molar-refractivity contribution in [2.45, 2.75) is 18.3 Å². The van der Waals surface area contributed by atoms with Crippen LogP contribution in [0, 0.1) is 5.92 Å². The molecule has 0 aliphatic heterocycles. The minimum atomic E-state index is -4.24. The van der Waals surface area contributed by atoms with Gasteiger partial charge in [-0.15, -0.1) is 0 Å². The molecule has 0 saturated carbocycles. The molecule has 1 aliphatic rings. The molecule has 1 aliphatic carbocycles. The summed E-state index contributed by atoms with van der Waals surface area (Å²) in [6.07, 6.45) is 5.35. The molecule has 0 aromatic heterocycles. The average molecular weight is 226 g/mol. The molecule has 0 nitrogen and oxygen atoms in total. The monoisotopic (exact) mass is 226 g/mol. The number of allylic oxidation sites excluding steroid dienone is 4. The first-order chi connectivity index (χ1) is 6.51. The van der Waals surface area contributed by atoms with Crippen LogP contribution < -0.4 is 0 Å². The Balaban J connectivity index is 2.48. The maximum absolute atomic E-state index is 12.0. The van der Waals surface area contributed by atoms with Crippen molar-refractivity contribution in [2.75, 3.05) is 6.67 Å². The molecule has 5 heteroatoms.